The smallest absolute Gasteiger partial charge is 0.224 e. The van der Waals surface area contributed by atoms with Gasteiger partial charge in [0.05, 0.1) is 12.5 Å². The Morgan fingerprint density at radius 2 is 2.24 bits per heavy atom. The van der Waals surface area contributed by atoms with Crippen LogP contribution >= 0.6 is 11.6 Å². The van der Waals surface area contributed by atoms with Gasteiger partial charge in [-0.2, -0.15) is 0 Å². The Morgan fingerprint density at radius 3 is 2.95 bits per heavy atom. The predicted octanol–water partition coefficient (Wildman–Crippen LogP) is 1.50. The third-order valence-electron chi connectivity index (χ3n) is 3.77. The molecule has 2 atom stereocenters. The van der Waals surface area contributed by atoms with E-state index in [2.05, 4.69) is 27.1 Å². The Balaban J connectivity index is 2.02. The summed E-state index contributed by atoms with van der Waals surface area (Å²) in [6.45, 7) is 3.78. The molecule has 1 amide bonds. The summed E-state index contributed by atoms with van der Waals surface area (Å²) in [5.41, 5.74) is 0. The molecule has 0 bridgehead atoms. The van der Waals surface area contributed by atoms with Crippen molar-refractivity contribution in [3.8, 4) is 0 Å². The summed E-state index contributed by atoms with van der Waals surface area (Å²) in [6, 6.07) is 0.294. The minimum absolute atomic E-state index is 0.0591. The molecule has 1 aromatic heterocycles. The first-order chi connectivity index (χ1) is 10.1. The normalized spacial score (nSPS) is 22.1. The molecule has 1 fully saturated rings. The van der Waals surface area contributed by atoms with Crippen LogP contribution in [0.15, 0.2) is 12.4 Å². The number of ether oxygens (including phenoxy) is 1. The van der Waals surface area contributed by atoms with E-state index in [1.807, 2.05) is 0 Å². The average molecular weight is 313 g/mol. The number of halogens is 1. The lowest BCUT2D eigenvalue weighted by Crippen LogP contribution is -2.48. The number of methoxy groups -OCH3 is 1. The number of rotatable bonds is 5. The number of carbonyl (C=O) groups excluding carboxylic acids is 1. The molecule has 1 saturated heterocycles. The van der Waals surface area contributed by atoms with Crippen molar-refractivity contribution in [1.82, 2.24) is 15.3 Å². The second-order valence-electron chi connectivity index (χ2n) is 5.23. The highest BCUT2D eigenvalue weighted by atomic mass is 35.5. The van der Waals surface area contributed by atoms with E-state index in [1.165, 1.54) is 0 Å². The lowest BCUT2D eigenvalue weighted by molar-refractivity contribution is -0.125. The number of piperidine rings is 1. The van der Waals surface area contributed by atoms with Gasteiger partial charge in [0.1, 0.15) is 0 Å². The van der Waals surface area contributed by atoms with E-state index in [-0.39, 0.29) is 11.8 Å². The van der Waals surface area contributed by atoms with Gasteiger partial charge in [0.2, 0.25) is 5.91 Å². The van der Waals surface area contributed by atoms with Crippen molar-refractivity contribution in [2.45, 2.75) is 25.8 Å². The molecule has 116 valence electrons. The minimum Gasteiger partial charge on any atom is -0.383 e. The number of amides is 1. The van der Waals surface area contributed by atoms with Gasteiger partial charge in [-0.1, -0.05) is 11.6 Å². The van der Waals surface area contributed by atoms with E-state index in [0.29, 0.717) is 36.7 Å². The maximum Gasteiger partial charge on any atom is 0.224 e. The molecule has 2 rings (SSSR count). The van der Waals surface area contributed by atoms with Gasteiger partial charge in [0.15, 0.2) is 11.0 Å². The molecular formula is C14H21ClN4O2. The molecule has 6 nitrogen and oxygen atoms in total. The number of hydrogen-bond donors (Lipinski definition) is 1. The summed E-state index contributed by atoms with van der Waals surface area (Å²) in [5, 5.41) is 3.27. The van der Waals surface area contributed by atoms with Gasteiger partial charge in [0.25, 0.3) is 0 Å². The molecule has 0 aliphatic carbocycles. The lowest BCUT2D eigenvalue weighted by atomic mass is 9.92. The standard InChI is InChI=1S/C14H21ClN4O2/c1-10-3-4-11(14(20)18-7-8-21-2)9-19(10)13-12(15)16-5-6-17-13/h5-6,10-11H,3-4,7-9H2,1-2H3,(H,18,20)/t10-,11-/m0/s1. The van der Waals surface area contributed by atoms with Gasteiger partial charge in [-0.05, 0) is 19.8 Å². The van der Waals surface area contributed by atoms with Crippen LogP contribution in [0.4, 0.5) is 5.82 Å². The van der Waals surface area contributed by atoms with Crippen LogP contribution in [0.5, 0.6) is 0 Å². The number of carbonyl (C=O) groups is 1. The van der Waals surface area contributed by atoms with Crippen LogP contribution in [0.2, 0.25) is 5.15 Å². The Labute approximate surface area is 129 Å². The lowest BCUT2D eigenvalue weighted by Gasteiger charge is -2.38. The summed E-state index contributed by atoms with van der Waals surface area (Å²) in [4.78, 5) is 22.6. The van der Waals surface area contributed by atoms with Crippen LogP contribution in [0.25, 0.3) is 0 Å². The third-order valence-corrected chi connectivity index (χ3v) is 4.03. The topological polar surface area (TPSA) is 67.3 Å². The summed E-state index contributed by atoms with van der Waals surface area (Å²) in [6.07, 6.45) is 4.98. The molecule has 7 heteroatoms. The molecule has 1 N–H and O–H groups in total. The highest BCUT2D eigenvalue weighted by Gasteiger charge is 2.31. The first-order valence-electron chi connectivity index (χ1n) is 7.13. The highest BCUT2D eigenvalue weighted by Crippen LogP contribution is 2.29. The van der Waals surface area contributed by atoms with Gasteiger partial charge in [-0.3, -0.25) is 4.79 Å². The number of anilines is 1. The summed E-state index contributed by atoms with van der Waals surface area (Å²) < 4.78 is 4.94. The van der Waals surface area contributed by atoms with Crippen LogP contribution in [0.1, 0.15) is 19.8 Å². The quantitative estimate of drug-likeness (QED) is 0.835. The molecular weight excluding hydrogens is 292 g/mol. The van der Waals surface area contributed by atoms with E-state index < -0.39 is 0 Å². The van der Waals surface area contributed by atoms with Gasteiger partial charge >= 0.3 is 0 Å². The molecule has 0 radical (unpaired) electrons. The van der Waals surface area contributed by atoms with E-state index in [0.717, 1.165) is 12.8 Å². The van der Waals surface area contributed by atoms with Crippen molar-refractivity contribution in [1.29, 1.82) is 0 Å². The minimum atomic E-state index is -0.0591. The molecule has 1 aliphatic rings. The summed E-state index contributed by atoms with van der Waals surface area (Å²) in [5.74, 6) is 0.654. The molecule has 1 aliphatic heterocycles. The number of aromatic nitrogens is 2. The van der Waals surface area contributed by atoms with E-state index in [1.54, 1.807) is 19.5 Å². The fraction of sp³-hybridized carbons (Fsp3) is 0.643. The first-order valence-corrected chi connectivity index (χ1v) is 7.51. The van der Waals surface area contributed by atoms with Crippen molar-refractivity contribution < 1.29 is 9.53 Å². The Bertz CT molecular complexity index is 486. The van der Waals surface area contributed by atoms with Gasteiger partial charge < -0.3 is 15.0 Å². The zero-order valence-corrected chi connectivity index (χ0v) is 13.1. The van der Waals surface area contributed by atoms with Crippen LogP contribution < -0.4 is 10.2 Å². The zero-order valence-electron chi connectivity index (χ0n) is 12.4. The van der Waals surface area contributed by atoms with Crippen molar-refractivity contribution in [2.24, 2.45) is 5.92 Å². The molecule has 1 aromatic rings. The van der Waals surface area contributed by atoms with Crippen LogP contribution in [0.3, 0.4) is 0 Å². The Morgan fingerprint density at radius 1 is 1.48 bits per heavy atom. The summed E-state index contributed by atoms with van der Waals surface area (Å²) >= 11 is 6.12. The van der Waals surface area contributed by atoms with Crippen molar-refractivity contribution in [3.05, 3.63) is 17.5 Å². The highest BCUT2D eigenvalue weighted by molar-refractivity contribution is 6.31. The fourth-order valence-electron chi connectivity index (χ4n) is 2.54. The van der Waals surface area contributed by atoms with Crippen molar-refractivity contribution >= 4 is 23.3 Å². The van der Waals surface area contributed by atoms with E-state index in [9.17, 15) is 4.79 Å². The summed E-state index contributed by atoms with van der Waals surface area (Å²) in [7, 11) is 1.62. The molecule has 0 saturated carbocycles. The SMILES string of the molecule is COCCNC(=O)[C@H]1CC[C@H](C)N(c2nccnc2Cl)C1. The molecule has 0 spiro atoms. The van der Waals surface area contributed by atoms with Crippen LogP contribution in [-0.4, -0.2) is 48.7 Å². The Hall–Kier alpha value is -1.40. The van der Waals surface area contributed by atoms with Gasteiger partial charge in [-0.25, -0.2) is 9.97 Å². The van der Waals surface area contributed by atoms with E-state index >= 15 is 0 Å². The van der Waals surface area contributed by atoms with Gasteiger partial charge in [0, 0.05) is 38.6 Å². The van der Waals surface area contributed by atoms with Crippen molar-refractivity contribution in [3.63, 3.8) is 0 Å². The average Bonchev–Trinajstić information content (AvgIpc) is 2.49. The molecule has 2 heterocycles. The predicted molar refractivity (Wildman–Crippen MR) is 81.5 cm³/mol. The van der Waals surface area contributed by atoms with E-state index in [4.69, 9.17) is 16.3 Å². The second kappa shape index (κ2) is 7.56. The largest absolute Gasteiger partial charge is 0.383 e. The Kier molecular flexibility index (Phi) is 5.76. The molecule has 0 unspecified atom stereocenters. The monoisotopic (exact) mass is 312 g/mol. The molecule has 21 heavy (non-hydrogen) atoms. The maximum absolute atomic E-state index is 12.2. The van der Waals surface area contributed by atoms with Gasteiger partial charge in [-0.15, -0.1) is 0 Å². The second-order valence-corrected chi connectivity index (χ2v) is 5.59. The third kappa shape index (κ3) is 4.04. The first kappa shape index (κ1) is 16.0. The number of hydrogen-bond acceptors (Lipinski definition) is 5. The fourth-order valence-corrected chi connectivity index (χ4v) is 2.76. The van der Waals surface area contributed by atoms with Crippen molar-refractivity contribution in [2.75, 3.05) is 31.7 Å². The maximum atomic E-state index is 12.2. The number of nitrogens with zero attached hydrogens (tertiary/aromatic N) is 3. The number of nitrogens with one attached hydrogen (secondary N) is 1. The molecule has 0 aromatic carbocycles. The van der Waals surface area contributed by atoms with Crippen LogP contribution in [-0.2, 0) is 9.53 Å². The van der Waals surface area contributed by atoms with Crippen LogP contribution in [0, 0.1) is 5.92 Å². The zero-order chi connectivity index (χ0) is 15.2.